The molecule has 0 aliphatic carbocycles. The van der Waals surface area contributed by atoms with Gasteiger partial charge in [-0.25, -0.2) is 15.0 Å². The van der Waals surface area contributed by atoms with E-state index in [0.29, 0.717) is 12.4 Å². The van der Waals surface area contributed by atoms with Crippen molar-refractivity contribution >= 4 is 11.6 Å². The molecule has 0 atom stereocenters. The number of nitrogens with zero attached hydrogens (tertiary/aromatic N) is 6. The number of piperazine rings is 1. The molecule has 1 saturated heterocycles. The predicted octanol–water partition coefficient (Wildman–Crippen LogP) is 2.37. The first-order chi connectivity index (χ1) is 13.9. The van der Waals surface area contributed by atoms with Gasteiger partial charge in [0, 0.05) is 45.1 Å². The largest absolute Gasteiger partial charge is 0.368 e. The summed E-state index contributed by atoms with van der Waals surface area (Å²) in [5.41, 5.74) is 0.816. The van der Waals surface area contributed by atoms with Gasteiger partial charge in [-0.3, -0.25) is 4.90 Å². The molecule has 0 aromatic carbocycles. The second-order valence-corrected chi connectivity index (χ2v) is 8.23. The number of anilines is 2. The van der Waals surface area contributed by atoms with Gasteiger partial charge in [-0.2, -0.15) is 5.26 Å². The SMILES string of the molecule is CC(C)(C)CNc1nc(C#N)ncc1C#CCN1CCN(c2ccccn2)CC1. The molecule has 3 heterocycles. The van der Waals surface area contributed by atoms with Crippen molar-refractivity contribution in [2.75, 3.05) is 49.5 Å². The van der Waals surface area contributed by atoms with E-state index in [1.807, 2.05) is 30.5 Å². The molecule has 1 N–H and O–H groups in total. The lowest BCUT2D eigenvalue weighted by atomic mass is 9.97. The van der Waals surface area contributed by atoms with Crippen molar-refractivity contribution in [3.63, 3.8) is 0 Å². The second-order valence-electron chi connectivity index (χ2n) is 8.23. The summed E-state index contributed by atoms with van der Waals surface area (Å²) in [4.78, 5) is 17.4. The topological polar surface area (TPSA) is 81.0 Å². The van der Waals surface area contributed by atoms with Gasteiger partial charge in [0.25, 0.3) is 0 Å². The van der Waals surface area contributed by atoms with Crippen molar-refractivity contribution in [3.05, 3.63) is 42.0 Å². The highest BCUT2D eigenvalue weighted by Gasteiger charge is 2.17. The fourth-order valence-corrected chi connectivity index (χ4v) is 2.93. The number of rotatable bonds is 4. The normalized spacial score (nSPS) is 14.6. The molecular weight excluding hydrogens is 362 g/mol. The van der Waals surface area contributed by atoms with E-state index in [2.05, 4.69) is 62.7 Å². The third-order valence-electron chi connectivity index (χ3n) is 4.55. The third kappa shape index (κ3) is 6.17. The zero-order valence-corrected chi connectivity index (χ0v) is 17.3. The molecule has 7 nitrogen and oxygen atoms in total. The summed E-state index contributed by atoms with van der Waals surface area (Å²) in [5, 5.41) is 12.4. The van der Waals surface area contributed by atoms with E-state index in [0.717, 1.165) is 44.1 Å². The Morgan fingerprint density at radius 2 is 1.93 bits per heavy atom. The van der Waals surface area contributed by atoms with E-state index in [9.17, 15) is 0 Å². The number of aromatic nitrogens is 3. The number of pyridine rings is 1. The molecule has 3 rings (SSSR count). The highest BCUT2D eigenvalue weighted by atomic mass is 15.3. The van der Waals surface area contributed by atoms with Crippen molar-refractivity contribution in [2.24, 2.45) is 5.41 Å². The maximum Gasteiger partial charge on any atom is 0.234 e. The molecule has 1 aliphatic heterocycles. The van der Waals surface area contributed by atoms with E-state index in [1.165, 1.54) is 0 Å². The molecule has 2 aromatic heterocycles. The molecule has 0 amide bonds. The van der Waals surface area contributed by atoms with Crippen molar-refractivity contribution in [3.8, 4) is 17.9 Å². The van der Waals surface area contributed by atoms with Crippen LogP contribution in [0.2, 0.25) is 0 Å². The monoisotopic (exact) mass is 389 g/mol. The van der Waals surface area contributed by atoms with Gasteiger partial charge >= 0.3 is 0 Å². The molecule has 29 heavy (non-hydrogen) atoms. The van der Waals surface area contributed by atoms with E-state index >= 15 is 0 Å². The van der Waals surface area contributed by atoms with Crippen molar-refractivity contribution in [2.45, 2.75) is 20.8 Å². The molecule has 1 fully saturated rings. The molecule has 0 saturated carbocycles. The Hall–Kier alpha value is -3.16. The van der Waals surface area contributed by atoms with Crippen LogP contribution in [-0.2, 0) is 0 Å². The quantitative estimate of drug-likeness (QED) is 0.804. The fourth-order valence-electron chi connectivity index (χ4n) is 2.93. The Labute approximate surface area is 172 Å². The van der Waals surface area contributed by atoms with Gasteiger partial charge in [0.15, 0.2) is 0 Å². The molecule has 1 aliphatic rings. The molecule has 150 valence electrons. The van der Waals surface area contributed by atoms with Gasteiger partial charge in [-0.05, 0) is 17.5 Å². The minimum absolute atomic E-state index is 0.0930. The first kappa shape index (κ1) is 20.6. The minimum atomic E-state index is 0.0930. The van der Waals surface area contributed by atoms with Crippen LogP contribution in [0, 0.1) is 28.6 Å². The third-order valence-corrected chi connectivity index (χ3v) is 4.55. The van der Waals surface area contributed by atoms with Crippen LogP contribution in [0.25, 0.3) is 0 Å². The molecule has 0 unspecified atom stereocenters. The summed E-state index contributed by atoms with van der Waals surface area (Å²) in [6, 6.07) is 7.99. The van der Waals surface area contributed by atoms with Crippen LogP contribution >= 0.6 is 0 Å². The first-order valence-corrected chi connectivity index (χ1v) is 9.83. The maximum absolute atomic E-state index is 9.08. The Balaban J connectivity index is 1.59. The highest BCUT2D eigenvalue weighted by Crippen LogP contribution is 2.17. The lowest BCUT2D eigenvalue weighted by Gasteiger charge is -2.34. The molecular formula is C22H27N7. The molecule has 0 radical (unpaired) electrons. The summed E-state index contributed by atoms with van der Waals surface area (Å²) >= 11 is 0. The number of hydrogen-bond acceptors (Lipinski definition) is 7. The van der Waals surface area contributed by atoms with Gasteiger partial charge < -0.3 is 10.2 Å². The Morgan fingerprint density at radius 3 is 2.59 bits per heavy atom. The summed E-state index contributed by atoms with van der Waals surface area (Å²) in [5.74, 6) is 8.22. The highest BCUT2D eigenvalue weighted by molar-refractivity contribution is 5.53. The maximum atomic E-state index is 9.08. The van der Waals surface area contributed by atoms with E-state index in [4.69, 9.17) is 5.26 Å². The first-order valence-electron chi connectivity index (χ1n) is 9.83. The van der Waals surface area contributed by atoms with Crippen LogP contribution in [0.5, 0.6) is 0 Å². The number of nitriles is 1. The Kier molecular flexibility index (Phi) is 6.64. The zero-order valence-electron chi connectivity index (χ0n) is 17.3. The summed E-state index contributed by atoms with van der Waals surface area (Å²) in [7, 11) is 0. The van der Waals surface area contributed by atoms with Gasteiger partial charge in [0.2, 0.25) is 5.82 Å². The number of nitrogens with one attached hydrogen (secondary N) is 1. The van der Waals surface area contributed by atoms with E-state index in [-0.39, 0.29) is 11.2 Å². The van der Waals surface area contributed by atoms with Crippen LogP contribution in [0.3, 0.4) is 0 Å². The van der Waals surface area contributed by atoms with Gasteiger partial charge in [-0.15, -0.1) is 0 Å². The number of hydrogen-bond donors (Lipinski definition) is 1. The van der Waals surface area contributed by atoms with Crippen molar-refractivity contribution < 1.29 is 0 Å². The molecule has 0 bridgehead atoms. The average molecular weight is 390 g/mol. The van der Waals surface area contributed by atoms with Crippen LogP contribution < -0.4 is 10.2 Å². The van der Waals surface area contributed by atoms with Crippen LogP contribution in [0.1, 0.15) is 32.2 Å². The summed E-state index contributed by atoms with van der Waals surface area (Å²) in [6.45, 7) is 11.6. The lowest BCUT2D eigenvalue weighted by molar-refractivity contribution is 0.287. The summed E-state index contributed by atoms with van der Waals surface area (Å²) < 4.78 is 0. The van der Waals surface area contributed by atoms with Gasteiger partial charge in [0.1, 0.15) is 17.7 Å². The zero-order chi connectivity index (χ0) is 20.7. The van der Waals surface area contributed by atoms with Crippen molar-refractivity contribution in [1.82, 2.24) is 19.9 Å². The van der Waals surface area contributed by atoms with Crippen LogP contribution in [0.4, 0.5) is 11.6 Å². The fraction of sp³-hybridized carbons (Fsp3) is 0.455. The lowest BCUT2D eigenvalue weighted by Crippen LogP contribution is -2.46. The molecule has 2 aromatic rings. The Bertz CT molecular complexity index is 908. The van der Waals surface area contributed by atoms with Gasteiger partial charge in [-0.1, -0.05) is 38.7 Å². The Morgan fingerprint density at radius 1 is 1.14 bits per heavy atom. The van der Waals surface area contributed by atoms with Crippen LogP contribution in [0.15, 0.2) is 30.6 Å². The average Bonchev–Trinajstić information content (AvgIpc) is 2.73. The minimum Gasteiger partial charge on any atom is -0.368 e. The van der Waals surface area contributed by atoms with E-state index < -0.39 is 0 Å². The second kappa shape index (κ2) is 9.36. The molecule has 0 spiro atoms. The molecule has 7 heteroatoms. The standard InChI is InChI=1S/C22H27N7/c1-22(2,3)17-26-21-18(16-25-19(15-23)27-21)7-6-10-28-11-13-29(14-12-28)20-8-4-5-9-24-20/h4-5,8-9,16H,10-14,17H2,1-3H3,(H,25,26,27). The van der Waals surface area contributed by atoms with Crippen LogP contribution in [-0.4, -0.2) is 59.1 Å². The van der Waals surface area contributed by atoms with Crippen molar-refractivity contribution in [1.29, 1.82) is 5.26 Å². The van der Waals surface area contributed by atoms with E-state index in [1.54, 1.807) is 6.20 Å². The van der Waals surface area contributed by atoms with Gasteiger partial charge in [0.05, 0.1) is 12.1 Å². The summed E-state index contributed by atoms with van der Waals surface area (Å²) in [6.07, 6.45) is 3.46. The predicted molar refractivity (Wildman–Crippen MR) is 114 cm³/mol. The smallest absolute Gasteiger partial charge is 0.234 e.